The Balaban J connectivity index is 1.51. The Morgan fingerprint density at radius 3 is 2.23 bits per heavy atom. The number of nitrogens with one attached hydrogen (secondary N) is 2. The van der Waals surface area contributed by atoms with Gasteiger partial charge >= 0.3 is 0 Å². The van der Waals surface area contributed by atoms with Gasteiger partial charge in [0.25, 0.3) is 0 Å². The normalized spacial score (nSPS) is 29.8. The Labute approximate surface area is 155 Å². The molecule has 3 aliphatic carbocycles. The van der Waals surface area contributed by atoms with Crippen molar-refractivity contribution in [2.24, 2.45) is 17.8 Å². The maximum atomic E-state index is 12.8. The van der Waals surface area contributed by atoms with E-state index >= 15 is 0 Å². The molecule has 6 nitrogen and oxygen atoms in total. The average Bonchev–Trinajstić information content (AvgIpc) is 3.13. The van der Waals surface area contributed by atoms with Gasteiger partial charge in [0, 0.05) is 12.1 Å². The lowest BCUT2D eigenvalue weighted by molar-refractivity contribution is 0.280. The minimum Gasteiger partial charge on any atom is -0.208 e. The van der Waals surface area contributed by atoms with Crippen molar-refractivity contribution in [1.82, 2.24) is 9.44 Å². The fraction of sp³-hybridized carbons (Fsp3) is 0.667. The van der Waals surface area contributed by atoms with Gasteiger partial charge in [-0.3, -0.25) is 0 Å². The summed E-state index contributed by atoms with van der Waals surface area (Å²) in [7, 11) is -7.42. The maximum absolute atomic E-state index is 12.8. The predicted octanol–water partition coefficient (Wildman–Crippen LogP) is 2.23. The molecule has 4 rings (SSSR count). The molecule has 0 spiro atoms. The topological polar surface area (TPSA) is 92.3 Å². The van der Waals surface area contributed by atoms with Crippen molar-refractivity contribution in [3.63, 3.8) is 0 Å². The van der Waals surface area contributed by atoms with Crippen LogP contribution in [0, 0.1) is 17.8 Å². The summed E-state index contributed by atoms with van der Waals surface area (Å²) in [4.78, 5) is 0.00558. The number of hydrogen-bond donors (Lipinski definition) is 2. The Morgan fingerprint density at radius 1 is 0.962 bits per heavy atom. The van der Waals surface area contributed by atoms with E-state index in [-0.39, 0.29) is 21.9 Å². The van der Waals surface area contributed by atoms with Crippen LogP contribution in [0.2, 0.25) is 0 Å². The highest BCUT2D eigenvalue weighted by Gasteiger charge is 2.42. The number of benzene rings is 1. The van der Waals surface area contributed by atoms with Crippen molar-refractivity contribution in [3.05, 3.63) is 24.3 Å². The van der Waals surface area contributed by atoms with Crippen molar-refractivity contribution in [2.75, 3.05) is 0 Å². The fourth-order valence-electron chi connectivity index (χ4n) is 4.60. The van der Waals surface area contributed by atoms with Crippen molar-refractivity contribution in [1.29, 1.82) is 0 Å². The third-order valence-electron chi connectivity index (χ3n) is 6.10. The first-order chi connectivity index (χ1) is 12.2. The van der Waals surface area contributed by atoms with E-state index in [2.05, 4.69) is 9.44 Å². The summed E-state index contributed by atoms with van der Waals surface area (Å²) in [5.41, 5.74) is 0. The Bertz CT molecular complexity index is 894. The largest absolute Gasteiger partial charge is 0.240 e. The first kappa shape index (κ1) is 18.4. The second kappa shape index (κ2) is 6.58. The van der Waals surface area contributed by atoms with Gasteiger partial charge in [-0.2, -0.15) is 0 Å². The lowest BCUT2D eigenvalue weighted by Crippen LogP contribution is -2.40. The quantitative estimate of drug-likeness (QED) is 0.737. The van der Waals surface area contributed by atoms with E-state index in [9.17, 15) is 16.8 Å². The van der Waals surface area contributed by atoms with Crippen LogP contribution in [0.3, 0.4) is 0 Å². The van der Waals surface area contributed by atoms with Gasteiger partial charge in [0.1, 0.15) is 0 Å². The van der Waals surface area contributed by atoms with Crippen LogP contribution in [-0.2, 0) is 20.0 Å². The second-order valence-electron chi connectivity index (χ2n) is 8.12. The number of rotatable bonds is 7. The highest BCUT2D eigenvalue weighted by molar-refractivity contribution is 7.90. The summed E-state index contributed by atoms with van der Waals surface area (Å²) in [6.45, 7) is 1.93. The molecule has 3 aliphatic rings. The van der Waals surface area contributed by atoms with Crippen LogP contribution in [-0.4, -0.2) is 28.9 Å². The van der Waals surface area contributed by atoms with Crippen LogP contribution in [0.25, 0.3) is 0 Å². The van der Waals surface area contributed by atoms with Gasteiger partial charge in [0.15, 0.2) is 0 Å². The van der Waals surface area contributed by atoms with Gasteiger partial charge in [-0.25, -0.2) is 26.3 Å². The molecule has 2 N–H and O–H groups in total. The monoisotopic (exact) mass is 398 g/mol. The van der Waals surface area contributed by atoms with Crippen LogP contribution < -0.4 is 9.44 Å². The van der Waals surface area contributed by atoms with Gasteiger partial charge in [-0.05, 0) is 75.0 Å². The van der Waals surface area contributed by atoms with Crippen molar-refractivity contribution in [2.45, 2.75) is 67.3 Å². The van der Waals surface area contributed by atoms with Crippen LogP contribution in [0.1, 0.15) is 45.4 Å². The third-order valence-corrected chi connectivity index (χ3v) is 9.18. The number of hydrogen-bond acceptors (Lipinski definition) is 4. The minimum absolute atomic E-state index is 0.000138. The summed E-state index contributed by atoms with van der Waals surface area (Å²) in [6, 6.07) is 5.46. The Morgan fingerprint density at radius 2 is 1.65 bits per heavy atom. The van der Waals surface area contributed by atoms with Crippen LogP contribution in [0.4, 0.5) is 0 Å². The van der Waals surface area contributed by atoms with E-state index in [0.717, 1.165) is 25.2 Å². The van der Waals surface area contributed by atoms with Crippen molar-refractivity contribution < 1.29 is 16.8 Å². The Hall–Kier alpha value is -0.960. The van der Waals surface area contributed by atoms with Gasteiger partial charge in [0.05, 0.1) is 9.79 Å². The molecule has 1 aromatic rings. The predicted molar refractivity (Wildman–Crippen MR) is 98.5 cm³/mol. The molecule has 0 aromatic heterocycles. The van der Waals surface area contributed by atoms with E-state index in [1.54, 1.807) is 0 Å². The molecular formula is C18H26N2O4S2. The molecule has 0 saturated heterocycles. The zero-order chi connectivity index (χ0) is 18.5. The molecule has 3 fully saturated rings. The summed E-state index contributed by atoms with van der Waals surface area (Å²) < 4.78 is 55.7. The molecule has 144 valence electrons. The van der Waals surface area contributed by atoms with Crippen molar-refractivity contribution >= 4 is 20.0 Å². The zero-order valence-electron chi connectivity index (χ0n) is 14.9. The first-order valence-electron chi connectivity index (χ1n) is 9.39. The third kappa shape index (κ3) is 3.69. The zero-order valence-corrected chi connectivity index (χ0v) is 16.5. The summed E-state index contributed by atoms with van der Waals surface area (Å²) >= 11 is 0. The fourth-order valence-corrected chi connectivity index (χ4v) is 7.37. The first-order valence-corrected chi connectivity index (χ1v) is 12.4. The van der Waals surface area contributed by atoms with Crippen molar-refractivity contribution in [3.8, 4) is 0 Å². The van der Waals surface area contributed by atoms with E-state index in [1.807, 2.05) is 6.92 Å². The molecule has 4 atom stereocenters. The number of sulfonamides is 2. The van der Waals surface area contributed by atoms with Gasteiger partial charge in [0.2, 0.25) is 20.0 Å². The van der Waals surface area contributed by atoms with E-state index < -0.39 is 20.0 Å². The molecule has 26 heavy (non-hydrogen) atoms. The molecule has 1 aromatic carbocycles. The molecule has 0 heterocycles. The molecule has 2 bridgehead atoms. The summed E-state index contributed by atoms with van der Waals surface area (Å²) in [6.07, 6.45) is 6.45. The highest BCUT2D eigenvalue weighted by atomic mass is 32.2. The minimum atomic E-state index is -3.75. The smallest absolute Gasteiger partial charge is 0.208 e. The Kier molecular flexibility index (Phi) is 4.66. The molecule has 0 radical (unpaired) electrons. The maximum Gasteiger partial charge on any atom is 0.240 e. The van der Waals surface area contributed by atoms with E-state index in [0.29, 0.717) is 11.8 Å². The average molecular weight is 399 g/mol. The SMILES string of the molecule is CC(NS(=O)(=O)c1cccc(S(=O)(=O)NC2CC2)c1)C1CC2CCC1C2. The van der Waals surface area contributed by atoms with Crippen LogP contribution in [0.15, 0.2) is 34.1 Å². The van der Waals surface area contributed by atoms with Crippen LogP contribution >= 0.6 is 0 Å². The molecule has 0 aliphatic heterocycles. The summed E-state index contributed by atoms with van der Waals surface area (Å²) in [5.74, 6) is 1.75. The van der Waals surface area contributed by atoms with Gasteiger partial charge in [-0.15, -0.1) is 0 Å². The molecule has 0 amide bonds. The second-order valence-corrected chi connectivity index (χ2v) is 11.5. The molecule has 4 unspecified atom stereocenters. The van der Waals surface area contributed by atoms with Gasteiger partial charge in [-0.1, -0.05) is 12.5 Å². The molecule has 3 saturated carbocycles. The van der Waals surface area contributed by atoms with E-state index in [1.165, 1.54) is 43.5 Å². The van der Waals surface area contributed by atoms with Gasteiger partial charge < -0.3 is 0 Å². The lowest BCUT2D eigenvalue weighted by Gasteiger charge is -2.28. The highest BCUT2D eigenvalue weighted by Crippen LogP contribution is 2.49. The standard InChI is InChI=1S/C18H26N2O4S2/c1-12(18-10-13-5-6-14(18)9-13)19-25(21,22)16-3-2-4-17(11-16)26(23,24)20-15-7-8-15/h2-4,11-15,18-20H,5-10H2,1H3. The van der Waals surface area contributed by atoms with Crippen LogP contribution in [0.5, 0.6) is 0 Å². The number of fused-ring (bicyclic) bond motifs is 2. The molecular weight excluding hydrogens is 372 g/mol. The lowest BCUT2D eigenvalue weighted by atomic mass is 9.84. The van der Waals surface area contributed by atoms with E-state index in [4.69, 9.17) is 0 Å². The summed E-state index contributed by atoms with van der Waals surface area (Å²) in [5, 5.41) is 0. The molecule has 8 heteroatoms.